The maximum atomic E-state index is 13.6. The van der Waals surface area contributed by atoms with Crippen LogP contribution in [0.25, 0.3) is 22.5 Å². The van der Waals surface area contributed by atoms with Gasteiger partial charge in [-0.15, -0.1) is 0 Å². The van der Waals surface area contributed by atoms with Gasteiger partial charge in [0.2, 0.25) is 0 Å². The summed E-state index contributed by atoms with van der Waals surface area (Å²) in [5.41, 5.74) is 2.88. The van der Waals surface area contributed by atoms with Gasteiger partial charge in [-0.3, -0.25) is 0 Å². The number of nitrogens with zero attached hydrogens (tertiary/aromatic N) is 2. The molecule has 1 heterocycles. The second-order valence-corrected chi connectivity index (χ2v) is 7.24. The molecule has 0 fully saturated rings. The molecule has 0 aliphatic carbocycles. The van der Waals surface area contributed by atoms with Gasteiger partial charge in [0, 0.05) is 23.5 Å². The van der Waals surface area contributed by atoms with Gasteiger partial charge in [0.15, 0.2) is 5.82 Å². The molecule has 0 saturated carbocycles. The van der Waals surface area contributed by atoms with E-state index in [4.69, 9.17) is 9.47 Å². The molecule has 158 valence electrons. The molecule has 5 heteroatoms. The predicted octanol–water partition coefficient (Wildman–Crippen LogP) is 6.51. The molecule has 30 heavy (non-hydrogen) atoms. The molecule has 3 rings (SSSR count). The van der Waals surface area contributed by atoms with Crippen LogP contribution in [0.1, 0.15) is 39.5 Å². The van der Waals surface area contributed by atoms with Crippen molar-refractivity contribution in [3.8, 4) is 34.0 Å². The summed E-state index contributed by atoms with van der Waals surface area (Å²) in [6.45, 7) is 4.93. The Hall–Kier alpha value is -2.95. The van der Waals surface area contributed by atoms with Crippen LogP contribution in [-0.2, 0) is 0 Å². The fraction of sp³-hybridized carbons (Fsp3) is 0.360. The van der Waals surface area contributed by atoms with E-state index in [9.17, 15) is 4.39 Å². The van der Waals surface area contributed by atoms with Crippen LogP contribution in [0.4, 0.5) is 4.39 Å². The second-order valence-electron chi connectivity index (χ2n) is 7.24. The molecular formula is C25H29FN2O2. The molecule has 1 aromatic heterocycles. The standard InChI is InChI=1S/C25H29FN2O2/c1-3-5-15-29-23-11-7-19(8-12-23)21-16-27-25(28-17-21)20-9-13-24(14-10-20)30-18-22(26)6-4-2/h7-14,16-17,22H,3-6,15,18H2,1-2H3. The van der Waals surface area contributed by atoms with E-state index >= 15 is 0 Å². The summed E-state index contributed by atoms with van der Waals surface area (Å²) in [6.07, 6.45) is 6.22. The van der Waals surface area contributed by atoms with Crippen LogP contribution >= 0.6 is 0 Å². The Balaban J connectivity index is 1.60. The van der Waals surface area contributed by atoms with E-state index in [1.54, 1.807) is 0 Å². The molecule has 0 bridgehead atoms. The van der Waals surface area contributed by atoms with E-state index in [0.29, 0.717) is 18.0 Å². The Morgan fingerprint density at radius 1 is 0.767 bits per heavy atom. The third-order valence-electron chi connectivity index (χ3n) is 4.75. The molecule has 1 atom stereocenters. The van der Waals surface area contributed by atoms with Crippen molar-refractivity contribution in [1.82, 2.24) is 9.97 Å². The lowest BCUT2D eigenvalue weighted by atomic mass is 10.1. The lowest BCUT2D eigenvalue weighted by Crippen LogP contribution is -2.12. The maximum Gasteiger partial charge on any atom is 0.159 e. The highest BCUT2D eigenvalue weighted by Gasteiger charge is 2.07. The highest BCUT2D eigenvalue weighted by atomic mass is 19.1. The number of rotatable bonds is 11. The summed E-state index contributed by atoms with van der Waals surface area (Å²) in [7, 11) is 0. The summed E-state index contributed by atoms with van der Waals surface area (Å²) in [5.74, 6) is 2.16. The van der Waals surface area contributed by atoms with E-state index in [0.717, 1.165) is 48.3 Å². The van der Waals surface area contributed by atoms with Crippen molar-refractivity contribution >= 4 is 0 Å². The van der Waals surface area contributed by atoms with Crippen molar-refractivity contribution in [3.63, 3.8) is 0 Å². The first kappa shape index (κ1) is 21.8. The molecule has 0 saturated heterocycles. The van der Waals surface area contributed by atoms with Gasteiger partial charge in [-0.05, 0) is 54.8 Å². The van der Waals surface area contributed by atoms with Crippen LogP contribution in [-0.4, -0.2) is 29.4 Å². The lowest BCUT2D eigenvalue weighted by Gasteiger charge is -2.10. The quantitative estimate of drug-likeness (QED) is 0.339. The zero-order chi connectivity index (χ0) is 21.2. The average Bonchev–Trinajstić information content (AvgIpc) is 2.79. The van der Waals surface area contributed by atoms with Crippen LogP contribution in [0.3, 0.4) is 0 Å². The minimum absolute atomic E-state index is 0.0841. The van der Waals surface area contributed by atoms with Crippen molar-refractivity contribution < 1.29 is 13.9 Å². The number of benzene rings is 2. The van der Waals surface area contributed by atoms with E-state index in [2.05, 4.69) is 16.9 Å². The van der Waals surface area contributed by atoms with Crippen molar-refractivity contribution in [2.45, 2.75) is 45.7 Å². The summed E-state index contributed by atoms with van der Waals surface area (Å²) in [5, 5.41) is 0. The number of hydrogen-bond acceptors (Lipinski definition) is 4. The summed E-state index contributed by atoms with van der Waals surface area (Å²) < 4.78 is 24.8. The number of alkyl halides is 1. The van der Waals surface area contributed by atoms with Crippen LogP contribution in [0.15, 0.2) is 60.9 Å². The maximum absolute atomic E-state index is 13.6. The molecule has 0 amide bonds. The minimum Gasteiger partial charge on any atom is -0.494 e. The second kappa shape index (κ2) is 11.3. The zero-order valence-electron chi connectivity index (χ0n) is 17.7. The molecule has 3 aromatic rings. The fourth-order valence-corrected chi connectivity index (χ4v) is 2.99. The number of hydrogen-bond donors (Lipinski definition) is 0. The number of ether oxygens (including phenoxy) is 2. The first-order valence-electron chi connectivity index (χ1n) is 10.6. The first-order valence-corrected chi connectivity index (χ1v) is 10.6. The van der Waals surface area contributed by atoms with Gasteiger partial charge in [-0.1, -0.05) is 38.8 Å². The normalized spacial score (nSPS) is 11.8. The molecule has 0 N–H and O–H groups in total. The molecule has 0 radical (unpaired) electrons. The van der Waals surface area contributed by atoms with Crippen molar-refractivity contribution in [2.24, 2.45) is 0 Å². The van der Waals surface area contributed by atoms with Crippen molar-refractivity contribution in [1.29, 1.82) is 0 Å². The smallest absolute Gasteiger partial charge is 0.159 e. The topological polar surface area (TPSA) is 44.2 Å². The van der Waals surface area contributed by atoms with Crippen LogP contribution in [0.2, 0.25) is 0 Å². The van der Waals surface area contributed by atoms with E-state index < -0.39 is 6.17 Å². The summed E-state index contributed by atoms with van der Waals surface area (Å²) in [6, 6.07) is 15.4. The third-order valence-corrected chi connectivity index (χ3v) is 4.75. The molecular weight excluding hydrogens is 379 g/mol. The minimum atomic E-state index is -0.928. The predicted molar refractivity (Wildman–Crippen MR) is 119 cm³/mol. The van der Waals surface area contributed by atoms with Gasteiger partial charge < -0.3 is 9.47 Å². The number of halogens is 1. The van der Waals surface area contributed by atoms with Crippen LogP contribution < -0.4 is 9.47 Å². The Labute approximate surface area is 178 Å². The average molecular weight is 409 g/mol. The molecule has 2 aromatic carbocycles. The molecule has 0 aliphatic heterocycles. The first-order chi connectivity index (χ1) is 14.7. The lowest BCUT2D eigenvalue weighted by molar-refractivity contribution is 0.186. The SMILES string of the molecule is CCCCOc1ccc(-c2cnc(-c3ccc(OCC(F)CCC)cc3)nc2)cc1. The van der Waals surface area contributed by atoms with Crippen molar-refractivity contribution in [2.75, 3.05) is 13.2 Å². The number of aromatic nitrogens is 2. The van der Waals surface area contributed by atoms with Gasteiger partial charge in [-0.2, -0.15) is 0 Å². The molecule has 1 unspecified atom stereocenters. The van der Waals surface area contributed by atoms with Gasteiger partial charge in [-0.25, -0.2) is 14.4 Å². The molecule has 4 nitrogen and oxygen atoms in total. The monoisotopic (exact) mass is 408 g/mol. The Kier molecular flexibility index (Phi) is 8.19. The van der Waals surface area contributed by atoms with Crippen LogP contribution in [0.5, 0.6) is 11.5 Å². The van der Waals surface area contributed by atoms with E-state index in [-0.39, 0.29) is 6.61 Å². The molecule has 0 spiro atoms. The van der Waals surface area contributed by atoms with E-state index in [1.807, 2.05) is 67.8 Å². The van der Waals surface area contributed by atoms with Gasteiger partial charge in [0.05, 0.1) is 6.61 Å². The third kappa shape index (κ3) is 6.28. The van der Waals surface area contributed by atoms with E-state index in [1.165, 1.54) is 0 Å². The summed E-state index contributed by atoms with van der Waals surface area (Å²) >= 11 is 0. The van der Waals surface area contributed by atoms with Crippen LogP contribution in [0, 0.1) is 0 Å². The number of unbranched alkanes of at least 4 members (excludes halogenated alkanes) is 1. The van der Waals surface area contributed by atoms with Gasteiger partial charge in [0.25, 0.3) is 0 Å². The highest BCUT2D eigenvalue weighted by Crippen LogP contribution is 2.24. The Morgan fingerprint density at radius 3 is 1.97 bits per heavy atom. The highest BCUT2D eigenvalue weighted by molar-refractivity contribution is 5.64. The molecule has 0 aliphatic rings. The van der Waals surface area contributed by atoms with Gasteiger partial charge in [0.1, 0.15) is 24.3 Å². The van der Waals surface area contributed by atoms with Gasteiger partial charge >= 0.3 is 0 Å². The fourth-order valence-electron chi connectivity index (χ4n) is 2.99. The summed E-state index contributed by atoms with van der Waals surface area (Å²) in [4.78, 5) is 8.99. The Morgan fingerprint density at radius 2 is 1.37 bits per heavy atom. The Bertz CT molecular complexity index is 881. The zero-order valence-corrected chi connectivity index (χ0v) is 17.7. The largest absolute Gasteiger partial charge is 0.494 e. The van der Waals surface area contributed by atoms with Crippen molar-refractivity contribution in [3.05, 3.63) is 60.9 Å².